The van der Waals surface area contributed by atoms with Crippen molar-refractivity contribution >= 4 is 17.7 Å². The minimum absolute atomic E-state index is 0.0577. The summed E-state index contributed by atoms with van der Waals surface area (Å²) in [5.74, 6) is 0.311. The van der Waals surface area contributed by atoms with Gasteiger partial charge in [0, 0.05) is 23.6 Å². The lowest BCUT2D eigenvalue weighted by Gasteiger charge is -2.44. The highest BCUT2D eigenvalue weighted by Crippen LogP contribution is 2.27. The maximum absolute atomic E-state index is 13.0. The number of rotatable bonds is 4. The van der Waals surface area contributed by atoms with E-state index in [9.17, 15) is 9.18 Å². The van der Waals surface area contributed by atoms with E-state index in [1.54, 1.807) is 11.5 Å². The average Bonchev–Trinajstić information content (AvgIpc) is 2.48. The fourth-order valence-electron chi connectivity index (χ4n) is 3.07. The molecule has 3 heterocycles. The molecule has 0 radical (unpaired) electrons. The summed E-state index contributed by atoms with van der Waals surface area (Å²) in [6.45, 7) is 3.31. The van der Waals surface area contributed by atoms with Crippen molar-refractivity contribution in [1.29, 1.82) is 0 Å². The maximum atomic E-state index is 13.0. The predicted molar refractivity (Wildman–Crippen MR) is 82.5 cm³/mol. The first-order valence-electron chi connectivity index (χ1n) is 7.32. The number of carbonyl (C=O) groups is 1. The molecule has 0 saturated carbocycles. The van der Waals surface area contributed by atoms with E-state index >= 15 is 0 Å². The Labute approximate surface area is 128 Å². The molecule has 1 atom stereocenters. The minimum atomic E-state index is -0.259. The summed E-state index contributed by atoms with van der Waals surface area (Å²) in [7, 11) is 0. The van der Waals surface area contributed by atoms with Crippen LogP contribution >= 0.6 is 11.8 Å². The van der Waals surface area contributed by atoms with Gasteiger partial charge >= 0.3 is 0 Å². The zero-order valence-electron chi connectivity index (χ0n) is 11.8. The number of amides is 1. The number of thioether (sulfide) groups is 1. The molecule has 3 saturated heterocycles. The highest BCUT2D eigenvalue weighted by atomic mass is 32.2. The van der Waals surface area contributed by atoms with E-state index in [4.69, 9.17) is 0 Å². The van der Waals surface area contributed by atoms with Crippen LogP contribution in [0.25, 0.3) is 0 Å². The van der Waals surface area contributed by atoms with Crippen molar-refractivity contribution in [2.45, 2.75) is 23.8 Å². The van der Waals surface area contributed by atoms with Gasteiger partial charge in [0.1, 0.15) is 5.82 Å². The molecule has 5 heteroatoms. The monoisotopic (exact) mass is 306 g/mol. The number of nitrogens with zero attached hydrogens (tertiary/aromatic N) is 1. The molecule has 3 aliphatic heterocycles. The number of piperidine rings is 3. The summed E-state index contributed by atoms with van der Waals surface area (Å²) >= 11 is 1.35. The molecule has 1 unspecified atom stereocenters. The highest BCUT2D eigenvalue weighted by Gasteiger charge is 2.34. The van der Waals surface area contributed by atoms with E-state index in [1.807, 2.05) is 6.07 Å². The summed E-state index contributed by atoms with van der Waals surface area (Å²) < 4.78 is 13.0. The molecule has 3 nitrogen and oxygen atoms in total. The van der Waals surface area contributed by atoms with Crippen molar-refractivity contribution in [2.75, 3.05) is 19.6 Å². The second-order valence-corrected chi connectivity index (χ2v) is 6.61. The van der Waals surface area contributed by atoms with Crippen LogP contribution in [0.3, 0.4) is 0 Å². The maximum Gasteiger partial charge on any atom is 0.244 e. The Bertz CT molecular complexity index is 541. The molecule has 3 aliphatic rings. The molecule has 2 bridgehead atoms. The highest BCUT2D eigenvalue weighted by molar-refractivity contribution is 8.02. The van der Waals surface area contributed by atoms with E-state index in [2.05, 4.69) is 10.2 Å². The first-order chi connectivity index (χ1) is 10.2. The Morgan fingerprint density at radius 1 is 1.38 bits per heavy atom. The number of carbonyl (C=O) groups excluding carboxylic acids is 1. The Morgan fingerprint density at radius 3 is 2.86 bits per heavy atom. The van der Waals surface area contributed by atoms with E-state index < -0.39 is 0 Å². The standard InChI is InChI=1S/C16H19FN2OS/c17-13-2-1-3-14(10-13)21-9-6-16(20)18-15-11-19-7-4-12(15)5-8-19/h1-3,6,9-10,12,15H,4-5,7-8,11H2,(H,18,20)/b9-6-. The average molecular weight is 306 g/mol. The van der Waals surface area contributed by atoms with Crippen LogP contribution in [0.4, 0.5) is 4.39 Å². The van der Waals surface area contributed by atoms with Gasteiger partial charge < -0.3 is 10.2 Å². The van der Waals surface area contributed by atoms with Gasteiger partial charge in [-0.1, -0.05) is 17.8 Å². The van der Waals surface area contributed by atoms with Crippen LogP contribution in [0, 0.1) is 11.7 Å². The van der Waals surface area contributed by atoms with E-state index in [-0.39, 0.29) is 17.8 Å². The summed E-state index contributed by atoms with van der Waals surface area (Å²) in [5, 5.41) is 4.81. The van der Waals surface area contributed by atoms with Crippen molar-refractivity contribution < 1.29 is 9.18 Å². The number of fused-ring (bicyclic) bond motifs is 3. The largest absolute Gasteiger partial charge is 0.348 e. The van der Waals surface area contributed by atoms with Crippen molar-refractivity contribution in [2.24, 2.45) is 5.92 Å². The zero-order chi connectivity index (χ0) is 14.7. The van der Waals surface area contributed by atoms with Crippen LogP contribution in [-0.4, -0.2) is 36.5 Å². The smallest absolute Gasteiger partial charge is 0.244 e. The Hall–Kier alpha value is -1.33. The first kappa shape index (κ1) is 14.6. The Balaban J connectivity index is 1.49. The van der Waals surface area contributed by atoms with Crippen molar-refractivity contribution in [3.63, 3.8) is 0 Å². The van der Waals surface area contributed by atoms with Crippen LogP contribution < -0.4 is 5.32 Å². The quantitative estimate of drug-likeness (QED) is 0.685. The van der Waals surface area contributed by atoms with Crippen LogP contribution in [0.1, 0.15) is 12.8 Å². The molecule has 0 aromatic heterocycles. The number of hydrogen-bond donors (Lipinski definition) is 1. The molecule has 1 amide bonds. The van der Waals surface area contributed by atoms with Gasteiger partial charge in [0.2, 0.25) is 5.91 Å². The fourth-order valence-corrected chi connectivity index (χ4v) is 3.76. The van der Waals surface area contributed by atoms with E-state index in [1.165, 1.54) is 55.9 Å². The van der Waals surface area contributed by atoms with Gasteiger partial charge in [0.25, 0.3) is 0 Å². The van der Waals surface area contributed by atoms with Crippen molar-refractivity contribution in [3.05, 3.63) is 41.6 Å². The lowest BCUT2D eigenvalue weighted by atomic mass is 9.84. The van der Waals surface area contributed by atoms with Crippen LogP contribution in [0.15, 0.2) is 40.6 Å². The molecule has 112 valence electrons. The summed E-state index contributed by atoms with van der Waals surface area (Å²) in [6.07, 6.45) is 3.91. The van der Waals surface area contributed by atoms with Crippen LogP contribution in [0.2, 0.25) is 0 Å². The third kappa shape index (κ3) is 3.86. The van der Waals surface area contributed by atoms with Gasteiger partial charge in [-0.05, 0) is 55.5 Å². The SMILES string of the molecule is O=C(/C=C\Sc1cccc(F)c1)NC1CN2CCC1CC2. The molecule has 0 aliphatic carbocycles. The lowest BCUT2D eigenvalue weighted by molar-refractivity contribution is -0.118. The molecule has 0 spiro atoms. The Kier molecular flexibility index (Phi) is 4.60. The normalized spacial score (nSPS) is 28.0. The van der Waals surface area contributed by atoms with E-state index in [0.717, 1.165) is 11.4 Å². The molecule has 1 N–H and O–H groups in total. The molecule has 4 rings (SSSR count). The topological polar surface area (TPSA) is 32.3 Å². The van der Waals surface area contributed by atoms with Gasteiger partial charge in [-0.15, -0.1) is 0 Å². The van der Waals surface area contributed by atoms with Gasteiger partial charge in [0.05, 0.1) is 0 Å². The van der Waals surface area contributed by atoms with Gasteiger partial charge in [-0.2, -0.15) is 0 Å². The molecular weight excluding hydrogens is 287 g/mol. The third-order valence-electron chi connectivity index (χ3n) is 4.20. The van der Waals surface area contributed by atoms with Crippen LogP contribution in [-0.2, 0) is 4.79 Å². The van der Waals surface area contributed by atoms with Gasteiger partial charge in [-0.3, -0.25) is 4.79 Å². The zero-order valence-corrected chi connectivity index (χ0v) is 12.6. The second-order valence-electron chi connectivity index (χ2n) is 5.63. The van der Waals surface area contributed by atoms with Crippen molar-refractivity contribution in [1.82, 2.24) is 10.2 Å². The Morgan fingerprint density at radius 2 is 2.19 bits per heavy atom. The van der Waals surface area contributed by atoms with E-state index in [0.29, 0.717) is 5.92 Å². The summed E-state index contributed by atoms with van der Waals surface area (Å²) in [4.78, 5) is 15.1. The van der Waals surface area contributed by atoms with Gasteiger partial charge in [-0.25, -0.2) is 4.39 Å². The molecular formula is C16H19FN2OS. The summed E-state index contributed by atoms with van der Waals surface area (Å²) in [6, 6.07) is 6.64. The number of hydrogen-bond acceptors (Lipinski definition) is 3. The predicted octanol–water partition coefficient (Wildman–Crippen LogP) is 2.64. The number of benzene rings is 1. The number of halogens is 1. The van der Waals surface area contributed by atoms with Crippen molar-refractivity contribution in [3.8, 4) is 0 Å². The summed E-state index contributed by atoms with van der Waals surface area (Å²) in [5.41, 5.74) is 0. The number of nitrogens with one attached hydrogen (secondary N) is 1. The molecule has 1 aromatic rings. The van der Waals surface area contributed by atoms with Gasteiger partial charge in [0.15, 0.2) is 0 Å². The third-order valence-corrected chi connectivity index (χ3v) is 5.00. The second kappa shape index (κ2) is 6.62. The van der Waals surface area contributed by atoms with Crippen LogP contribution in [0.5, 0.6) is 0 Å². The molecule has 1 aromatic carbocycles. The molecule has 21 heavy (non-hydrogen) atoms. The first-order valence-corrected chi connectivity index (χ1v) is 8.20. The fraction of sp³-hybridized carbons (Fsp3) is 0.438. The minimum Gasteiger partial charge on any atom is -0.348 e. The lowest BCUT2D eigenvalue weighted by Crippen LogP contribution is -2.57. The molecule has 3 fully saturated rings.